The van der Waals surface area contributed by atoms with Crippen molar-refractivity contribution in [2.75, 3.05) is 20.1 Å². The minimum absolute atomic E-state index is 0.524. The normalized spacial score (nSPS) is 25.0. The van der Waals surface area contributed by atoms with Crippen molar-refractivity contribution in [1.82, 2.24) is 4.90 Å². The lowest BCUT2D eigenvalue weighted by molar-refractivity contribution is 0.313. The fourth-order valence-electron chi connectivity index (χ4n) is 2.88. The van der Waals surface area contributed by atoms with Crippen LogP contribution in [0.1, 0.15) is 43.4 Å². The van der Waals surface area contributed by atoms with Crippen LogP contribution in [0.5, 0.6) is 0 Å². The van der Waals surface area contributed by atoms with Gasteiger partial charge >= 0.3 is 0 Å². The summed E-state index contributed by atoms with van der Waals surface area (Å²) in [6.45, 7) is 6.37. The zero-order valence-corrected chi connectivity index (χ0v) is 13.1. The maximum atomic E-state index is 5.79. The number of likely N-dealkylation sites (tertiary alicyclic amines) is 1. The zero-order chi connectivity index (χ0) is 13.3. The first kappa shape index (κ1) is 14.0. The summed E-state index contributed by atoms with van der Waals surface area (Å²) in [7, 11) is 2.20. The van der Waals surface area contributed by atoms with E-state index in [0.29, 0.717) is 17.9 Å². The second-order valence-corrected chi connectivity index (χ2v) is 6.58. The van der Waals surface area contributed by atoms with Gasteiger partial charge in [-0.25, -0.2) is 0 Å². The molecule has 0 spiro atoms. The van der Waals surface area contributed by atoms with Crippen LogP contribution in [-0.4, -0.2) is 25.0 Å². The summed E-state index contributed by atoms with van der Waals surface area (Å²) in [6.07, 6.45) is 1.18. The molecule has 0 amide bonds. The number of halogens is 1. The van der Waals surface area contributed by atoms with Crippen LogP contribution in [0.4, 0.5) is 0 Å². The molecule has 18 heavy (non-hydrogen) atoms. The highest BCUT2D eigenvalue weighted by atomic mass is 79.9. The van der Waals surface area contributed by atoms with Crippen molar-refractivity contribution >= 4 is 15.9 Å². The van der Waals surface area contributed by atoms with Crippen molar-refractivity contribution in [3.63, 3.8) is 0 Å². The van der Waals surface area contributed by atoms with Gasteiger partial charge in [-0.3, -0.25) is 4.90 Å². The standard InChI is InChI=1S/C15H23BrN2/c1-10(2)13-5-4-12(7-14(13)16)15-6-11(8-17)9-18(15)3/h4-5,7,10-11,15H,6,8-9,17H2,1-3H3. The molecular weight excluding hydrogens is 288 g/mol. The van der Waals surface area contributed by atoms with Crippen molar-refractivity contribution in [2.45, 2.75) is 32.2 Å². The smallest absolute Gasteiger partial charge is 0.0349 e. The highest BCUT2D eigenvalue weighted by molar-refractivity contribution is 9.10. The molecule has 1 fully saturated rings. The van der Waals surface area contributed by atoms with Crippen LogP contribution in [0, 0.1) is 5.92 Å². The molecule has 3 heteroatoms. The summed E-state index contributed by atoms with van der Waals surface area (Å²) >= 11 is 3.70. The van der Waals surface area contributed by atoms with E-state index >= 15 is 0 Å². The van der Waals surface area contributed by atoms with E-state index in [1.54, 1.807) is 0 Å². The van der Waals surface area contributed by atoms with Crippen molar-refractivity contribution in [2.24, 2.45) is 11.7 Å². The molecule has 2 atom stereocenters. The summed E-state index contributed by atoms with van der Waals surface area (Å²) in [5, 5.41) is 0. The molecule has 2 unspecified atom stereocenters. The third-order valence-electron chi connectivity index (χ3n) is 4.00. The molecule has 100 valence electrons. The summed E-state index contributed by atoms with van der Waals surface area (Å²) in [4.78, 5) is 2.42. The molecular formula is C15H23BrN2. The Bertz CT molecular complexity index is 417. The van der Waals surface area contributed by atoms with Crippen molar-refractivity contribution in [3.8, 4) is 0 Å². The number of nitrogens with zero attached hydrogens (tertiary/aromatic N) is 1. The summed E-state index contributed by atoms with van der Waals surface area (Å²) < 4.78 is 1.24. The summed E-state index contributed by atoms with van der Waals surface area (Å²) in [5.74, 6) is 1.20. The molecule has 2 N–H and O–H groups in total. The van der Waals surface area contributed by atoms with Gasteiger partial charge in [-0.15, -0.1) is 0 Å². The minimum atomic E-state index is 0.524. The van der Waals surface area contributed by atoms with Crippen LogP contribution in [0.2, 0.25) is 0 Å². The lowest BCUT2D eigenvalue weighted by Crippen LogP contribution is -2.20. The fourth-order valence-corrected chi connectivity index (χ4v) is 3.74. The molecule has 0 saturated carbocycles. The number of benzene rings is 1. The Morgan fingerprint density at radius 2 is 2.17 bits per heavy atom. The van der Waals surface area contributed by atoms with Gasteiger partial charge in [0, 0.05) is 17.1 Å². The van der Waals surface area contributed by atoms with Gasteiger partial charge < -0.3 is 5.73 Å². The predicted molar refractivity (Wildman–Crippen MR) is 80.8 cm³/mol. The summed E-state index contributed by atoms with van der Waals surface area (Å²) in [5.41, 5.74) is 8.59. The Balaban J connectivity index is 2.22. The molecule has 1 heterocycles. The van der Waals surface area contributed by atoms with Crippen LogP contribution in [0.15, 0.2) is 22.7 Å². The molecule has 2 nitrogen and oxygen atoms in total. The van der Waals surface area contributed by atoms with Gasteiger partial charge in [0.15, 0.2) is 0 Å². The van der Waals surface area contributed by atoms with E-state index in [9.17, 15) is 0 Å². The average Bonchev–Trinajstić information content (AvgIpc) is 2.70. The Morgan fingerprint density at radius 3 is 2.67 bits per heavy atom. The van der Waals surface area contributed by atoms with Gasteiger partial charge in [-0.2, -0.15) is 0 Å². The quantitative estimate of drug-likeness (QED) is 0.925. The van der Waals surface area contributed by atoms with Crippen molar-refractivity contribution in [1.29, 1.82) is 0 Å². The molecule has 1 aliphatic rings. The molecule has 1 aliphatic heterocycles. The van der Waals surface area contributed by atoms with E-state index in [-0.39, 0.29) is 0 Å². The van der Waals surface area contributed by atoms with E-state index in [2.05, 4.69) is 59.9 Å². The van der Waals surface area contributed by atoms with Gasteiger partial charge in [0.2, 0.25) is 0 Å². The number of rotatable bonds is 3. The maximum absolute atomic E-state index is 5.79. The minimum Gasteiger partial charge on any atom is -0.330 e. The van der Waals surface area contributed by atoms with E-state index in [1.807, 2.05) is 0 Å². The highest BCUT2D eigenvalue weighted by Crippen LogP contribution is 2.36. The van der Waals surface area contributed by atoms with E-state index < -0.39 is 0 Å². The van der Waals surface area contributed by atoms with Crippen LogP contribution in [0.25, 0.3) is 0 Å². The first-order chi connectivity index (χ1) is 8.52. The molecule has 0 aliphatic carbocycles. The van der Waals surface area contributed by atoms with Crippen molar-refractivity contribution < 1.29 is 0 Å². The number of hydrogen-bond donors (Lipinski definition) is 1. The number of hydrogen-bond acceptors (Lipinski definition) is 2. The van der Waals surface area contributed by atoms with E-state index in [0.717, 1.165) is 13.1 Å². The Kier molecular flexibility index (Phi) is 4.46. The average molecular weight is 311 g/mol. The first-order valence-electron chi connectivity index (χ1n) is 6.72. The second-order valence-electron chi connectivity index (χ2n) is 5.73. The maximum Gasteiger partial charge on any atom is 0.0349 e. The lowest BCUT2D eigenvalue weighted by Gasteiger charge is -2.21. The third-order valence-corrected chi connectivity index (χ3v) is 4.69. The van der Waals surface area contributed by atoms with Gasteiger partial charge in [0.1, 0.15) is 0 Å². The van der Waals surface area contributed by atoms with Crippen molar-refractivity contribution in [3.05, 3.63) is 33.8 Å². The summed E-state index contributed by atoms with van der Waals surface area (Å²) in [6, 6.07) is 7.35. The van der Waals surface area contributed by atoms with Gasteiger partial charge in [-0.05, 0) is 49.0 Å². The molecule has 0 radical (unpaired) electrons. The second kappa shape index (κ2) is 5.72. The molecule has 1 aromatic rings. The Morgan fingerprint density at radius 1 is 1.44 bits per heavy atom. The Labute approximate surface area is 119 Å². The molecule has 1 saturated heterocycles. The van der Waals surface area contributed by atoms with Crippen LogP contribution in [0.3, 0.4) is 0 Å². The van der Waals surface area contributed by atoms with Gasteiger partial charge in [0.25, 0.3) is 0 Å². The third kappa shape index (κ3) is 2.79. The lowest BCUT2D eigenvalue weighted by atomic mass is 9.96. The fraction of sp³-hybridized carbons (Fsp3) is 0.600. The zero-order valence-electron chi connectivity index (χ0n) is 11.5. The molecule has 2 rings (SSSR count). The van der Waals surface area contributed by atoms with Crippen LogP contribution >= 0.6 is 15.9 Å². The Hall–Kier alpha value is -0.380. The SMILES string of the molecule is CC(C)c1ccc(C2CC(CN)CN2C)cc1Br. The predicted octanol–water partition coefficient (Wildman–Crippen LogP) is 3.52. The van der Waals surface area contributed by atoms with Gasteiger partial charge in [0.05, 0.1) is 0 Å². The first-order valence-corrected chi connectivity index (χ1v) is 7.51. The van der Waals surface area contributed by atoms with Crippen LogP contribution in [-0.2, 0) is 0 Å². The molecule has 0 aromatic heterocycles. The van der Waals surface area contributed by atoms with E-state index in [1.165, 1.54) is 22.0 Å². The highest BCUT2D eigenvalue weighted by Gasteiger charge is 2.29. The van der Waals surface area contributed by atoms with Crippen LogP contribution < -0.4 is 5.73 Å². The monoisotopic (exact) mass is 310 g/mol. The topological polar surface area (TPSA) is 29.3 Å². The largest absolute Gasteiger partial charge is 0.330 e. The van der Waals surface area contributed by atoms with Gasteiger partial charge in [-0.1, -0.05) is 41.9 Å². The number of nitrogens with two attached hydrogens (primary N) is 1. The molecule has 0 bridgehead atoms. The molecule has 1 aromatic carbocycles. The van der Waals surface area contributed by atoms with E-state index in [4.69, 9.17) is 5.73 Å².